The molecule has 0 spiro atoms. The van der Waals surface area contributed by atoms with Crippen molar-refractivity contribution in [3.8, 4) is 11.5 Å². The molecule has 0 unspecified atom stereocenters. The van der Waals surface area contributed by atoms with E-state index in [9.17, 15) is 9.59 Å². The molecule has 2 aliphatic rings. The molecule has 0 saturated carbocycles. The first-order chi connectivity index (χ1) is 13.7. The SMILES string of the molecule is O=C(OCc1nc2sc3c(c2c(=O)[nH]1)CCCC3)[C@H]1COc2ccccc2O1. The number of fused-ring (bicyclic) bond motifs is 4. The fourth-order valence-electron chi connectivity index (χ4n) is 3.64. The third-order valence-corrected chi connectivity index (χ3v) is 6.18. The number of H-pyrrole nitrogens is 1. The molecule has 0 radical (unpaired) electrons. The number of nitrogens with zero attached hydrogens (tertiary/aromatic N) is 1. The van der Waals surface area contributed by atoms with Crippen LogP contribution in [0.1, 0.15) is 29.1 Å². The zero-order valence-electron chi connectivity index (χ0n) is 15.0. The van der Waals surface area contributed by atoms with Crippen LogP contribution in [0.3, 0.4) is 0 Å². The Morgan fingerprint density at radius 2 is 2.07 bits per heavy atom. The van der Waals surface area contributed by atoms with E-state index in [4.69, 9.17) is 14.2 Å². The molecule has 5 rings (SSSR count). The minimum Gasteiger partial charge on any atom is -0.485 e. The van der Waals surface area contributed by atoms with E-state index in [1.807, 2.05) is 6.07 Å². The van der Waals surface area contributed by atoms with E-state index in [0.29, 0.717) is 27.5 Å². The lowest BCUT2D eigenvalue weighted by Gasteiger charge is -2.24. The average Bonchev–Trinajstić information content (AvgIpc) is 3.10. The summed E-state index contributed by atoms with van der Waals surface area (Å²) in [7, 11) is 0. The van der Waals surface area contributed by atoms with Crippen molar-refractivity contribution in [2.24, 2.45) is 0 Å². The maximum atomic E-state index is 12.5. The highest BCUT2D eigenvalue weighted by Crippen LogP contribution is 2.34. The molecule has 0 bridgehead atoms. The summed E-state index contributed by atoms with van der Waals surface area (Å²) in [6.07, 6.45) is 3.33. The lowest BCUT2D eigenvalue weighted by atomic mass is 9.97. The van der Waals surface area contributed by atoms with Crippen molar-refractivity contribution in [1.82, 2.24) is 9.97 Å². The second-order valence-corrected chi connectivity index (χ2v) is 7.96. The molecule has 1 aromatic carbocycles. The number of thiophene rings is 1. The van der Waals surface area contributed by atoms with Gasteiger partial charge in [0.2, 0.25) is 6.10 Å². The maximum absolute atomic E-state index is 12.5. The fourth-order valence-corrected chi connectivity index (χ4v) is 4.93. The Morgan fingerprint density at radius 3 is 2.96 bits per heavy atom. The largest absolute Gasteiger partial charge is 0.485 e. The van der Waals surface area contributed by atoms with E-state index in [2.05, 4.69) is 9.97 Å². The molecule has 1 N–H and O–H groups in total. The molecular weight excluding hydrogens is 380 g/mol. The zero-order chi connectivity index (χ0) is 19.1. The minimum absolute atomic E-state index is 0.0798. The Bertz CT molecular complexity index is 1120. The zero-order valence-corrected chi connectivity index (χ0v) is 15.8. The van der Waals surface area contributed by atoms with Crippen LogP contribution in [-0.4, -0.2) is 28.6 Å². The molecule has 28 heavy (non-hydrogen) atoms. The number of nitrogens with one attached hydrogen (secondary N) is 1. The van der Waals surface area contributed by atoms with Crippen LogP contribution in [0.2, 0.25) is 0 Å². The van der Waals surface area contributed by atoms with Crippen molar-refractivity contribution >= 4 is 27.5 Å². The van der Waals surface area contributed by atoms with E-state index in [0.717, 1.165) is 31.2 Å². The number of aromatic nitrogens is 2. The van der Waals surface area contributed by atoms with Gasteiger partial charge in [-0.05, 0) is 43.4 Å². The van der Waals surface area contributed by atoms with Gasteiger partial charge in [-0.2, -0.15) is 0 Å². The highest BCUT2D eigenvalue weighted by Gasteiger charge is 2.29. The predicted octanol–water partition coefficient (Wildman–Crippen LogP) is 2.75. The standard InChI is InChI=1S/C20H18N2O5S/c23-18-17-11-5-1-4-8-15(11)28-19(17)22-16(21-18)10-26-20(24)14-9-25-12-6-2-3-7-13(12)27-14/h2-3,6-7,14H,1,4-5,8-10H2,(H,21,22,23)/t14-/m1/s1. The Morgan fingerprint density at radius 1 is 1.25 bits per heavy atom. The summed E-state index contributed by atoms with van der Waals surface area (Å²) in [6, 6.07) is 7.16. The number of esters is 1. The van der Waals surface area contributed by atoms with Gasteiger partial charge in [0.05, 0.1) is 5.39 Å². The van der Waals surface area contributed by atoms with Gasteiger partial charge in [0.1, 0.15) is 23.9 Å². The number of hydrogen-bond donors (Lipinski definition) is 1. The molecule has 2 aromatic heterocycles. The van der Waals surface area contributed by atoms with Gasteiger partial charge in [-0.1, -0.05) is 12.1 Å². The van der Waals surface area contributed by atoms with Gasteiger partial charge < -0.3 is 19.2 Å². The van der Waals surface area contributed by atoms with Crippen molar-refractivity contribution in [2.45, 2.75) is 38.4 Å². The summed E-state index contributed by atoms with van der Waals surface area (Å²) in [5.74, 6) is 0.891. The summed E-state index contributed by atoms with van der Waals surface area (Å²) in [4.78, 5) is 34.1. The molecule has 1 aliphatic carbocycles. The first-order valence-electron chi connectivity index (χ1n) is 9.27. The van der Waals surface area contributed by atoms with Crippen molar-refractivity contribution in [2.75, 3.05) is 6.61 Å². The van der Waals surface area contributed by atoms with Gasteiger partial charge in [-0.3, -0.25) is 4.79 Å². The smallest absolute Gasteiger partial charge is 0.351 e. The van der Waals surface area contributed by atoms with Gasteiger partial charge in [-0.25, -0.2) is 9.78 Å². The van der Waals surface area contributed by atoms with Crippen molar-refractivity contribution < 1.29 is 19.0 Å². The first-order valence-corrected chi connectivity index (χ1v) is 10.1. The number of para-hydroxylation sites is 2. The van der Waals surface area contributed by atoms with Crippen LogP contribution in [0.4, 0.5) is 0 Å². The number of rotatable bonds is 3. The molecule has 1 atom stereocenters. The summed E-state index contributed by atoms with van der Waals surface area (Å²) in [5.41, 5.74) is 0.969. The molecule has 0 saturated heterocycles. The second kappa shape index (κ2) is 6.94. The van der Waals surface area contributed by atoms with E-state index < -0.39 is 12.1 Å². The second-order valence-electron chi connectivity index (χ2n) is 6.88. The lowest BCUT2D eigenvalue weighted by molar-refractivity contribution is -0.156. The molecule has 3 heterocycles. The number of benzene rings is 1. The Kier molecular flexibility index (Phi) is 4.27. The number of carbonyl (C=O) groups excluding carboxylic acids is 1. The summed E-state index contributed by atoms with van der Waals surface area (Å²) >= 11 is 1.57. The van der Waals surface area contributed by atoms with Gasteiger partial charge in [0, 0.05) is 4.88 Å². The van der Waals surface area contributed by atoms with E-state index in [1.165, 1.54) is 4.88 Å². The van der Waals surface area contributed by atoms with Crippen LogP contribution in [0.15, 0.2) is 29.1 Å². The Balaban J connectivity index is 1.31. The van der Waals surface area contributed by atoms with Crippen LogP contribution in [-0.2, 0) is 29.0 Å². The lowest BCUT2D eigenvalue weighted by Crippen LogP contribution is -2.37. The normalized spacial score (nSPS) is 17.9. The summed E-state index contributed by atoms with van der Waals surface area (Å²) in [6.45, 7) is -0.0371. The molecule has 7 nitrogen and oxygen atoms in total. The van der Waals surface area contributed by atoms with Crippen molar-refractivity contribution in [1.29, 1.82) is 0 Å². The number of aryl methyl sites for hydroxylation is 2. The highest BCUT2D eigenvalue weighted by molar-refractivity contribution is 7.18. The Labute approximate surface area is 164 Å². The molecule has 0 amide bonds. The van der Waals surface area contributed by atoms with Crippen molar-refractivity contribution in [3.63, 3.8) is 0 Å². The molecular formula is C20H18N2O5S. The van der Waals surface area contributed by atoms with Gasteiger partial charge in [0.25, 0.3) is 5.56 Å². The van der Waals surface area contributed by atoms with Gasteiger partial charge in [0.15, 0.2) is 11.5 Å². The summed E-state index contributed by atoms with van der Waals surface area (Å²) < 4.78 is 16.5. The highest BCUT2D eigenvalue weighted by atomic mass is 32.1. The minimum atomic E-state index is -0.848. The average molecular weight is 398 g/mol. The number of hydrogen-bond acceptors (Lipinski definition) is 7. The monoisotopic (exact) mass is 398 g/mol. The molecule has 144 valence electrons. The quantitative estimate of drug-likeness (QED) is 0.683. The van der Waals surface area contributed by atoms with E-state index >= 15 is 0 Å². The molecule has 8 heteroatoms. The Hall–Kier alpha value is -2.87. The third kappa shape index (κ3) is 3.03. The van der Waals surface area contributed by atoms with E-state index in [1.54, 1.807) is 29.5 Å². The number of aromatic amines is 1. The van der Waals surface area contributed by atoms with Crippen LogP contribution >= 0.6 is 11.3 Å². The molecule has 1 aliphatic heterocycles. The van der Waals surface area contributed by atoms with Crippen molar-refractivity contribution in [3.05, 3.63) is 50.9 Å². The van der Waals surface area contributed by atoms with Crippen LogP contribution in [0.5, 0.6) is 11.5 Å². The molecule has 0 fully saturated rings. The predicted molar refractivity (Wildman–Crippen MR) is 103 cm³/mol. The molecule has 3 aromatic rings. The van der Waals surface area contributed by atoms with Crippen LogP contribution < -0.4 is 15.0 Å². The van der Waals surface area contributed by atoms with Crippen LogP contribution in [0.25, 0.3) is 10.2 Å². The third-order valence-electron chi connectivity index (χ3n) is 5.00. The van der Waals surface area contributed by atoms with Crippen LogP contribution in [0, 0.1) is 0 Å². The summed E-state index contributed by atoms with van der Waals surface area (Å²) in [5, 5.41) is 0.690. The topological polar surface area (TPSA) is 90.5 Å². The van der Waals surface area contributed by atoms with E-state index in [-0.39, 0.29) is 18.8 Å². The maximum Gasteiger partial charge on any atom is 0.351 e. The number of carbonyl (C=O) groups is 1. The first kappa shape index (κ1) is 17.2. The number of ether oxygens (including phenoxy) is 3. The van der Waals surface area contributed by atoms with Gasteiger partial charge in [-0.15, -0.1) is 11.3 Å². The van der Waals surface area contributed by atoms with Gasteiger partial charge >= 0.3 is 5.97 Å². The fraction of sp³-hybridized carbons (Fsp3) is 0.350.